The number of rotatable bonds is 9. The van der Waals surface area contributed by atoms with Gasteiger partial charge in [0.05, 0.1) is 37.9 Å². The lowest BCUT2D eigenvalue weighted by atomic mass is 9.78. The van der Waals surface area contributed by atoms with Crippen LogP contribution in [-0.4, -0.2) is 158 Å². The van der Waals surface area contributed by atoms with Gasteiger partial charge in [-0.3, -0.25) is 4.79 Å². The van der Waals surface area contributed by atoms with Gasteiger partial charge in [-0.2, -0.15) is 0 Å². The Balaban J connectivity index is 1.59. The van der Waals surface area contributed by atoms with E-state index >= 15 is 0 Å². The summed E-state index contributed by atoms with van der Waals surface area (Å²) in [4.78, 5) is 11.8. The Labute approximate surface area is 244 Å². The molecule has 3 saturated heterocycles. The fraction of sp³-hybridized carbons (Fsp3) is 0.720. The molecule has 0 saturated carbocycles. The predicted octanol–water partition coefficient (Wildman–Crippen LogP) is -6.63. The number of hydrogen-bond donors (Lipinski definition) is 12. The van der Waals surface area contributed by atoms with Gasteiger partial charge in [0.2, 0.25) is 0 Å². The number of ether oxygens (including phenoxy) is 5. The fourth-order valence-electron chi connectivity index (χ4n) is 5.61. The monoisotopic (exact) mass is 621 g/mol. The summed E-state index contributed by atoms with van der Waals surface area (Å²) in [6, 6.07) is -0.559. The molecular weight excluding hydrogens is 582 g/mol. The third-order valence-electron chi connectivity index (χ3n) is 8.10. The third-order valence-corrected chi connectivity index (χ3v) is 8.10. The summed E-state index contributed by atoms with van der Waals surface area (Å²) in [5, 5.41) is 93.9. The van der Waals surface area contributed by atoms with Crippen LogP contribution < -0.4 is 17.2 Å². The van der Waals surface area contributed by atoms with Gasteiger partial charge in [0, 0.05) is 11.1 Å². The van der Waals surface area contributed by atoms with Gasteiger partial charge in [-0.25, -0.2) is 0 Å². The summed E-state index contributed by atoms with van der Waals surface area (Å²) in [7, 11) is 0. The first-order chi connectivity index (χ1) is 20.4. The number of hydrogen-bond acceptors (Lipinski definition) is 18. The molecule has 0 aliphatic carbocycles. The first-order valence-electron chi connectivity index (χ1n) is 13.4. The number of carbonyl (C=O) groups is 1. The van der Waals surface area contributed by atoms with Gasteiger partial charge in [-0.05, 0) is 6.07 Å². The smallest absolute Gasteiger partial charge is 0.177 e. The minimum absolute atomic E-state index is 0.187. The molecule has 4 rings (SSSR count). The molecule has 3 aliphatic rings. The highest BCUT2D eigenvalue weighted by Crippen LogP contribution is 2.44. The van der Waals surface area contributed by atoms with Gasteiger partial charge in [0.25, 0.3) is 0 Å². The summed E-state index contributed by atoms with van der Waals surface area (Å²) < 4.78 is 28.3. The standard InChI is InChI=1S/C25H39N3O15/c26-13-16(34)19(10(5-30)39-22(13)38)41-23-14(27)17(35)20(11(6-31)40-23)42-24-15(28)18(36)21(37)25(7-32,43-24)12-8(4-29)2-1-3-9(12)33/h1-4,10-11,13-24,30-38H,5-7,26-28H2/t10-,11-,13-,14-,15-,16-,17-,18-,19?,20?,21+,22-,23+,24+,25+/m1/s1. The Morgan fingerprint density at radius 2 is 1.37 bits per heavy atom. The van der Waals surface area contributed by atoms with Crippen LogP contribution in [0.1, 0.15) is 15.9 Å². The molecule has 0 bridgehead atoms. The van der Waals surface area contributed by atoms with Crippen molar-refractivity contribution in [2.45, 2.75) is 91.4 Å². The molecule has 0 radical (unpaired) electrons. The van der Waals surface area contributed by atoms with Crippen molar-refractivity contribution in [2.75, 3.05) is 19.8 Å². The molecule has 3 heterocycles. The van der Waals surface area contributed by atoms with Crippen LogP contribution in [0.5, 0.6) is 5.75 Å². The lowest BCUT2D eigenvalue weighted by Crippen LogP contribution is -2.70. The lowest BCUT2D eigenvalue weighted by Gasteiger charge is -2.51. The Kier molecular flexibility index (Phi) is 10.7. The Morgan fingerprint density at radius 1 is 0.814 bits per heavy atom. The zero-order valence-corrected chi connectivity index (χ0v) is 22.7. The molecule has 0 aromatic heterocycles. The summed E-state index contributed by atoms with van der Waals surface area (Å²) in [6.45, 7) is -2.59. The van der Waals surface area contributed by atoms with E-state index in [2.05, 4.69) is 0 Å². The van der Waals surface area contributed by atoms with E-state index in [1.54, 1.807) is 0 Å². The maximum atomic E-state index is 11.8. The third kappa shape index (κ3) is 6.03. The molecular formula is C25H39N3O15. The second kappa shape index (κ2) is 13.6. The zero-order valence-electron chi connectivity index (χ0n) is 22.7. The van der Waals surface area contributed by atoms with Crippen molar-refractivity contribution in [1.82, 2.24) is 0 Å². The van der Waals surface area contributed by atoms with E-state index in [0.717, 1.165) is 6.07 Å². The van der Waals surface area contributed by atoms with Crippen molar-refractivity contribution in [3.63, 3.8) is 0 Å². The predicted molar refractivity (Wildman–Crippen MR) is 139 cm³/mol. The molecule has 0 amide bonds. The first-order valence-corrected chi connectivity index (χ1v) is 13.4. The van der Waals surface area contributed by atoms with Gasteiger partial charge < -0.3 is 86.8 Å². The number of nitrogens with two attached hydrogens (primary N) is 3. The largest absolute Gasteiger partial charge is 0.508 e. The van der Waals surface area contributed by atoms with Crippen molar-refractivity contribution in [3.8, 4) is 5.75 Å². The molecule has 1 aromatic rings. The zero-order chi connectivity index (χ0) is 31.8. The van der Waals surface area contributed by atoms with Crippen LogP contribution >= 0.6 is 0 Å². The molecule has 3 fully saturated rings. The minimum Gasteiger partial charge on any atom is -0.508 e. The van der Waals surface area contributed by atoms with E-state index in [4.69, 9.17) is 40.9 Å². The molecule has 18 heteroatoms. The van der Waals surface area contributed by atoms with Gasteiger partial charge >= 0.3 is 0 Å². The maximum absolute atomic E-state index is 11.8. The Bertz CT molecular complexity index is 1100. The van der Waals surface area contributed by atoms with Crippen molar-refractivity contribution in [1.29, 1.82) is 0 Å². The highest BCUT2D eigenvalue weighted by atomic mass is 16.7. The fourth-order valence-corrected chi connectivity index (χ4v) is 5.61. The van der Waals surface area contributed by atoms with Crippen molar-refractivity contribution in [3.05, 3.63) is 29.3 Å². The highest BCUT2D eigenvalue weighted by molar-refractivity contribution is 5.79. The number of aldehydes is 1. The summed E-state index contributed by atoms with van der Waals surface area (Å²) in [5.41, 5.74) is 15.1. The Morgan fingerprint density at radius 3 is 1.95 bits per heavy atom. The molecule has 1 aromatic carbocycles. The van der Waals surface area contributed by atoms with Crippen LogP contribution in [0.2, 0.25) is 0 Å². The number of carbonyl (C=O) groups excluding carboxylic acids is 1. The van der Waals surface area contributed by atoms with E-state index in [0.29, 0.717) is 6.29 Å². The number of benzene rings is 1. The first kappa shape index (κ1) is 33.9. The average molecular weight is 622 g/mol. The minimum atomic E-state index is -2.34. The summed E-state index contributed by atoms with van der Waals surface area (Å²) >= 11 is 0. The number of phenols is 1. The second-order valence-electron chi connectivity index (χ2n) is 10.7. The van der Waals surface area contributed by atoms with Gasteiger partial charge in [0.15, 0.2) is 30.8 Å². The Hall–Kier alpha value is -1.95. The van der Waals surface area contributed by atoms with Crippen LogP contribution in [0.4, 0.5) is 0 Å². The number of aliphatic hydroxyl groups excluding tert-OH is 8. The van der Waals surface area contributed by atoms with Crippen LogP contribution in [0, 0.1) is 0 Å². The molecule has 43 heavy (non-hydrogen) atoms. The molecule has 244 valence electrons. The van der Waals surface area contributed by atoms with Gasteiger partial charge in [-0.15, -0.1) is 0 Å². The lowest BCUT2D eigenvalue weighted by molar-refractivity contribution is -0.363. The normalized spacial score (nSPS) is 45.6. The van der Waals surface area contributed by atoms with Crippen molar-refractivity contribution >= 4 is 6.29 Å². The average Bonchev–Trinajstić information content (AvgIpc) is 3.00. The van der Waals surface area contributed by atoms with Crippen molar-refractivity contribution in [2.24, 2.45) is 17.2 Å². The number of aromatic hydroxyl groups is 1. The number of aliphatic hydroxyl groups is 8. The van der Waals surface area contributed by atoms with Gasteiger partial charge in [0.1, 0.15) is 54.6 Å². The molecule has 15 atom stereocenters. The van der Waals surface area contributed by atoms with Crippen LogP contribution in [0.15, 0.2) is 18.2 Å². The summed E-state index contributed by atoms with van der Waals surface area (Å²) in [5.74, 6) is -0.558. The molecule has 2 unspecified atom stereocenters. The second-order valence-corrected chi connectivity index (χ2v) is 10.7. The quantitative estimate of drug-likeness (QED) is 0.114. The van der Waals surface area contributed by atoms with Crippen LogP contribution in [0.3, 0.4) is 0 Å². The van der Waals surface area contributed by atoms with Crippen LogP contribution in [0.25, 0.3) is 0 Å². The highest BCUT2D eigenvalue weighted by Gasteiger charge is 2.58. The SMILES string of the molecule is N[C@H]1[C@@H](OC2[C@@H](CO)O[C@@H](OC3[C@@H](CO)O[C@@H](O)[C@H](N)[C@H]3O)[C@H](N)[C@H]2O)O[C@@](CO)(c2c(O)cccc2C=O)[C@@H](O)[C@@H]1O. The molecule has 3 aliphatic heterocycles. The summed E-state index contributed by atoms with van der Waals surface area (Å²) in [6.07, 6.45) is -17.3. The maximum Gasteiger partial charge on any atom is 0.177 e. The topological polar surface area (TPSA) is 323 Å². The van der Waals surface area contributed by atoms with E-state index < -0.39 is 117 Å². The molecule has 0 spiro atoms. The van der Waals surface area contributed by atoms with Crippen molar-refractivity contribution < 1.29 is 74.4 Å². The van der Waals surface area contributed by atoms with Crippen LogP contribution in [-0.2, 0) is 29.3 Å². The van der Waals surface area contributed by atoms with E-state index in [9.17, 15) is 50.8 Å². The van der Waals surface area contributed by atoms with E-state index in [-0.39, 0.29) is 11.1 Å². The molecule has 18 nitrogen and oxygen atoms in total. The van der Waals surface area contributed by atoms with Gasteiger partial charge in [-0.1, -0.05) is 12.1 Å². The number of phenolic OH excluding ortho intramolecular Hbond substituents is 1. The van der Waals surface area contributed by atoms with E-state index in [1.165, 1.54) is 12.1 Å². The molecule has 15 N–H and O–H groups in total. The van der Waals surface area contributed by atoms with E-state index in [1.807, 2.05) is 0 Å².